The molecule has 1 aliphatic rings. The average molecular weight is 229 g/mol. The maximum Gasteiger partial charge on any atom is 0.125 e. The van der Waals surface area contributed by atoms with Gasteiger partial charge in [0.2, 0.25) is 0 Å². The Morgan fingerprint density at radius 1 is 1.47 bits per heavy atom. The van der Waals surface area contributed by atoms with Crippen LogP contribution in [0, 0.1) is 5.82 Å². The standard InChI is InChI=1S/C11H14ClFN2/c1-15(11-5-14-6-11)7-8-2-9(12)4-10(13)3-8/h2-4,11,14H,5-7H2,1H3. The maximum atomic E-state index is 13.1. The largest absolute Gasteiger partial charge is 0.314 e. The molecule has 0 amide bonds. The Hall–Kier alpha value is -0.640. The summed E-state index contributed by atoms with van der Waals surface area (Å²) in [5.74, 6) is -0.266. The second-order valence-electron chi connectivity index (χ2n) is 4.00. The minimum atomic E-state index is -0.266. The van der Waals surface area contributed by atoms with E-state index in [0.29, 0.717) is 11.1 Å². The summed E-state index contributed by atoms with van der Waals surface area (Å²) in [5, 5.41) is 3.67. The van der Waals surface area contributed by atoms with Crippen LogP contribution in [0.1, 0.15) is 5.56 Å². The zero-order valence-electron chi connectivity index (χ0n) is 8.63. The molecule has 1 fully saturated rings. The van der Waals surface area contributed by atoms with Gasteiger partial charge in [-0.1, -0.05) is 11.6 Å². The monoisotopic (exact) mass is 228 g/mol. The van der Waals surface area contributed by atoms with E-state index >= 15 is 0 Å². The maximum absolute atomic E-state index is 13.1. The number of nitrogens with zero attached hydrogens (tertiary/aromatic N) is 1. The third-order valence-electron chi connectivity index (χ3n) is 2.74. The van der Waals surface area contributed by atoms with E-state index in [2.05, 4.69) is 10.2 Å². The Morgan fingerprint density at radius 3 is 2.73 bits per heavy atom. The smallest absolute Gasteiger partial charge is 0.125 e. The van der Waals surface area contributed by atoms with Crippen molar-refractivity contribution in [3.05, 3.63) is 34.6 Å². The number of likely N-dealkylation sites (N-methyl/N-ethyl adjacent to an activating group) is 1. The fourth-order valence-corrected chi connectivity index (χ4v) is 1.95. The van der Waals surface area contributed by atoms with Gasteiger partial charge in [0.15, 0.2) is 0 Å². The van der Waals surface area contributed by atoms with Crippen molar-refractivity contribution in [1.82, 2.24) is 10.2 Å². The van der Waals surface area contributed by atoms with Gasteiger partial charge in [-0.15, -0.1) is 0 Å². The molecular weight excluding hydrogens is 215 g/mol. The number of benzene rings is 1. The first kappa shape index (κ1) is 10.9. The van der Waals surface area contributed by atoms with E-state index in [1.54, 1.807) is 0 Å². The van der Waals surface area contributed by atoms with Gasteiger partial charge in [0.1, 0.15) is 5.82 Å². The molecule has 2 rings (SSSR count). The van der Waals surface area contributed by atoms with Crippen LogP contribution in [0.4, 0.5) is 4.39 Å². The molecule has 1 aliphatic heterocycles. The predicted octanol–water partition coefficient (Wildman–Crippen LogP) is 1.88. The van der Waals surface area contributed by atoms with Crippen LogP contribution in [0.3, 0.4) is 0 Å². The van der Waals surface area contributed by atoms with Crippen LogP contribution in [-0.2, 0) is 6.54 Å². The lowest BCUT2D eigenvalue weighted by molar-refractivity contribution is 0.173. The zero-order valence-corrected chi connectivity index (χ0v) is 9.39. The molecule has 1 saturated heterocycles. The van der Waals surface area contributed by atoms with Crippen LogP contribution < -0.4 is 5.32 Å². The second kappa shape index (κ2) is 4.47. The summed E-state index contributed by atoms with van der Waals surface area (Å²) in [7, 11) is 2.05. The van der Waals surface area contributed by atoms with E-state index in [4.69, 9.17) is 11.6 Å². The number of hydrogen-bond donors (Lipinski definition) is 1. The van der Waals surface area contributed by atoms with Crippen LogP contribution in [0.5, 0.6) is 0 Å². The van der Waals surface area contributed by atoms with Crippen molar-refractivity contribution in [1.29, 1.82) is 0 Å². The molecule has 0 atom stereocenters. The third kappa shape index (κ3) is 2.68. The molecule has 1 heterocycles. The number of hydrogen-bond acceptors (Lipinski definition) is 2. The van der Waals surface area contributed by atoms with Gasteiger partial charge in [-0.25, -0.2) is 4.39 Å². The molecular formula is C11H14ClFN2. The van der Waals surface area contributed by atoms with Gasteiger partial charge < -0.3 is 5.32 Å². The van der Waals surface area contributed by atoms with E-state index in [-0.39, 0.29) is 5.82 Å². The van der Waals surface area contributed by atoms with Crippen LogP contribution in [0.15, 0.2) is 18.2 Å². The minimum Gasteiger partial charge on any atom is -0.314 e. The van der Waals surface area contributed by atoms with Gasteiger partial charge in [0, 0.05) is 30.7 Å². The lowest BCUT2D eigenvalue weighted by Crippen LogP contribution is -2.55. The molecule has 82 valence electrons. The first-order chi connectivity index (χ1) is 7.15. The lowest BCUT2D eigenvalue weighted by Gasteiger charge is -2.35. The van der Waals surface area contributed by atoms with Gasteiger partial charge in [-0.05, 0) is 30.8 Å². The molecule has 1 aromatic carbocycles. The Labute approximate surface area is 94.0 Å². The van der Waals surface area contributed by atoms with Gasteiger partial charge in [-0.2, -0.15) is 0 Å². The van der Waals surface area contributed by atoms with Gasteiger partial charge in [-0.3, -0.25) is 4.90 Å². The van der Waals surface area contributed by atoms with E-state index < -0.39 is 0 Å². The second-order valence-corrected chi connectivity index (χ2v) is 4.44. The van der Waals surface area contributed by atoms with E-state index in [1.807, 2.05) is 13.1 Å². The Balaban J connectivity index is 2.02. The van der Waals surface area contributed by atoms with Crippen molar-refractivity contribution in [2.45, 2.75) is 12.6 Å². The van der Waals surface area contributed by atoms with Crippen molar-refractivity contribution >= 4 is 11.6 Å². The Kier molecular flexibility index (Phi) is 3.24. The van der Waals surface area contributed by atoms with Gasteiger partial charge in [0.25, 0.3) is 0 Å². The molecule has 0 aromatic heterocycles. The minimum absolute atomic E-state index is 0.266. The van der Waals surface area contributed by atoms with Crippen molar-refractivity contribution in [3.63, 3.8) is 0 Å². The Morgan fingerprint density at radius 2 is 2.20 bits per heavy atom. The SMILES string of the molecule is CN(Cc1cc(F)cc(Cl)c1)C1CNC1. The highest BCUT2D eigenvalue weighted by atomic mass is 35.5. The lowest BCUT2D eigenvalue weighted by atomic mass is 10.1. The van der Waals surface area contributed by atoms with Crippen molar-refractivity contribution in [2.75, 3.05) is 20.1 Å². The molecule has 0 bridgehead atoms. The molecule has 0 spiro atoms. The van der Waals surface area contributed by atoms with Crippen molar-refractivity contribution < 1.29 is 4.39 Å². The predicted molar refractivity (Wildman–Crippen MR) is 59.5 cm³/mol. The summed E-state index contributed by atoms with van der Waals surface area (Å²) >= 11 is 5.79. The summed E-state index contributed by atoms with van der Waals surface area (Å²) in [6.07, 6.45) is 0. The fraction of sp³-hybridized carbons (Fsp3) is 0.455. The molecule has 0 aliphatic carbocycles. The molecule has 4 heteroatoms. The topological polar surface area (TPSA) is 15.3 Å². The third-order valence-corrected chi connectivity index (χ3v) is 2.96. The number of nitrogens with one attached hydrogen (secondary N) is 1. The van der Waals surface area contributed by atoms with E-state index in [1.165, 1.54) is 12.1 Å². The van der Waals surface area contributed by atoms with Crippen LogP contribution in [0.2, 0.25) is 5.02 Å². The molecule has 1 N–H and O–H groups in total. The number of halogens is 2. The highest BCUT2D eigenvalue weighted by Gasteiger charge is 2.21. The van der Waals surface area contributed by atoms with Crippen molar-refractivity contribution in [2.24, 2.45) is 0 Å². The molecule has 0 saturated carbocycles. The average Bonchev–Trinajstić information content (AvgIpc) is 1.96. The fourth-order valence-electron chi connectivity index (χ4n) is 1.70. The molecule has 15 heavy (non-hydrogen) atoms. The molecule has 0 unspecified atom stereocenters. The van der Waals surface area contributed by atoms with Gasteiger partial charge >= 0.3 is 0 Å². The normalized spacial score (nSPS) is 16.8. The first-order valence-electron chi connectivity index (χ1n) is 5.01. The van der Waals surface area contributed by atoms with Crippen LogP contribution >= 0.6 is 11.6 Å². The highest BCUT2D eigenvalue weighted by Crippen LogP contribution is 2.16. The Bertz CT molecular complexity index is 332. The summed E-state index contributed by atoms with van der Waals surface area (Å²) in [5.41, 5.74) is 0.925. The quantitative estimate of drug-likeness (QED) is 0.850. The van der Waals surface area contributed by atoms with Crippen molar-refractivity contribution in [3.8, 4) is 0 Å². The van der Waals surface area contributed by atoms with Crippen LogP contribution in [-0.4, -0.2) is 31.1 Å². The molecule has 1 aromatic rings. The highest BCUT2D eigenvalue weighted by molar-refractivity contribution is 6.30. The van der Waals surface area contributed by atoms with E-state index in [0.717, 1.165) is 25.2 Å². The summed E-state index contributed by atoms with van der Waals surface area (Å²) < 4.78 is 13.1. The molecule has 2 nitrogen and oxygen atoms in total. The summed E-state index contributed by atoms with van der Waals surface area (Å²) in [4.78, 5) is 2.21. The first-order valence-corrected chi connectivity index (χ1v) is 5.39. The summed E-state index contributed by atoms with van der Waals surface area (Å²) in [6.45, 7) is 2.77. The molecule has 0 radical (unpaired) electrons. The number of rotatable bonds is 3. The van der Waals surface area contributed by atoms with Gasteiger partial charge in [0.05, 0.1) is 0 Å². The zero-order chi connectivity index (χ0) is 10.8. The summed E-state index contributed by atoms with van der Waals surface area (Å²) in [6, 6.07) is 5.24. The van der Waals surface area contributed by atoms with Crippen LogP contribution in [0.25, 0.3) is 0 Å². The van der Waals surface area contributed by atoms with E-state index in [9.17, 15) is 4.39 Å².